The molecular formula is C42H64O11. The highest BCUT2D eigenvalue weighted by molar-refractivity contribution is 5.79. The van der Waals surface area contributed by atoms with Gasteiger partial charge in [0.2, 0.25) is 0 Å². The van der Waals surface area contributed by atoms with Gasteiger partial charge in [-0.3, -0.25) is 14.4 Å². The van der Waals surface area contributed by atoms with Crippen LogP contribution in [-0.4, -0.2) is 80.0 Å². The van der Waals surface area contributed by atoms with Crippen LogP contribution in [0.15, 0.2) is 11.6 Å². The molecule has 1 aliphatic heterocycles. The molecule has 13 atom stereocenters. The standard InChI is InChI=1S/C42H64O11/c1-23(43)50-31-30(45)35(53-33(34(46)48-10)32(31)51-24(2)44)52-29-15-16-39(7)27(38(29,5)6)14-17-41(9)28(39)13-12-25-26-22-37(3,4)18-20-42(26,36(47)49-11)21-19-40(25,41)8/h12,26-33,35,45H,13-22H2,1-11H3/t26-,27-,28+,29-,30+,31+,32-,33-,35-,39-,40+,41+,42-/m0/s1. The highest BCUT2D eigenvalue weighted by Crippen LogP contribution is 2.76. The van der Waals surface area contributed by atoms with Crippen molar-refractivity contribution in [3.05, 3.63) is 11.6 Å². The molecule has 1 heterocycles. The molecule has 0 spiro atoms. The molecule has 0 aromatic heterocycles. The third-order valence-corrected chi connectivity index (χ3v) is 16.0. The molecule has 5 aliphatic carbocycles. The average Bonchev–Trinajstić information content (AvgIpc) is 3.07. The van der Waals surface area contributed by atoms with E-state index in [4.69, 9.17) is 28.4 Å². The van der Waals surface area contributed by atoms with Crippen LogP contribution >= 0.6 is 0 Å². The topological polar surface area (TPSA) is 144 Å². The van der Waals surface area contributed by atoms with Gasteiger partial charge >= 0.3 is 23.9 Å². The monoisotopic (exact) mass is 744 g/mol. The van der Waals surface area contributed by atoms with Gasteiger partial charge in [0.25, 0.3) is 0 Å². The summed E-state index contributed by atoms with van der Waals surface area (Å²) in [5, 5.41) is 11.5. The van der Waals surface area contributed by atoms with E-state index in [-0.39, 0.29) is 51.0 Å². The minimum atomic E-state index is -1.53. The van der Waals surface area contributed by atoms with E-state index in [1.807, 2.05) is 0 Å². The van der Waals surface area contributed by atoms with Gasteiger partial charge < -0.3 is 33.5 Å². The van der Waals surface area contributed by atoms with Crippen molar-refractivity contribution in [3.63, 3.8) is 0 Å². The molecule has 0 unspecified atom stereocenters. The van der Waals surface area contributed by atoms with Crippen LogP contribution in [0, 0.1) is 50.2 Å². The Morgan fingerprint density at radius 2 is 1.43 bits per heavy atom. The highest BCUT2D eigenvalue weighted by atomic mass is 16.7. The van der Waals surface area contributed by atoms with Crippen molar-refractivity contribution in [2.24, 2.45) is 50.2 Å². The Labute approximate surface area is 315 Å². The van der Waals surface area contributed by atoms with E-state index in [9.17, 15) is 24.3 Å². The number of carbonyl (C=O) groups is 4. The maximum absolute atomic E-state index is 13.6. The molecule has 6 rings (SSSR count). The van der Waals surface area contributed by atoms with Crippen molar-refractivity contribution in [3.8, 4) is 0 Å². The van der Waals surface area contributed by atoms with E-state index in [1.165, 1.54) is 19.6 Å². The fourth-order valence-electron chi connectivity index (χ4n) is 13.1. The Morgan fingerprint density at radius 1 is 0.792 bits per heavy atom. The molecule has 11 heteroatoms. The maximum Gasteiger partial charge on any atom is 0.339 e. The summed E-state index contributed by atoms with van der Waals surface area (Å²) in [4.78, 5) is 50.7. The zero-order valence-electron chi connectivity index (χ0n) is 33.9. The first-order chi connectivity index (χ1) is 24.6. The van der Waals surface area contributed by atoms with E-state index in [2.05, 4.69) is 54.5 Å². The Hall–Kier alpha value is -2.50. The van der Waals surface area contributed by atoms with E-state index in [0.717, 1.165) is 64.7 Å². The van der Waals surface area contributed by atoms with Gasteiger partial charge in [0, 0.05) is 13.8 Å². The predicted molar refractivity (Wildman–Crippen MR) is 194 cm³/mol. The lowest BCUT2D eigenvalue weighted by Crippen LogP contribution is -2.66. The summed E-state index contributed by atoms with van der Waals surface area (Å²) in [6, 6.07) is 0. The Bertz CT molecular complexity index is 1520. The summed E-state index contributed by atoms with van der Waals surface area (Å²) in [6.07, 6.45) is 4.41. The van der Waals surface area contributed by atoms with Gasteiger partial charge in [-0.05, 0) is 109 Å². The maximum atomic E-state index is 13.6. The lowest BCUT2D eigenvalue weighted by atomic mass is 9.33. The Balaban J connectivity index is 1.28. The van der Waals surface area contributed by atoms with Gasteiger partial charge in [0.05, 0.1) is 25.7 Å². The first kappa shape index (κ1) is 40.2. The number of hydrogen-bond donors (Lipinski definition) is 1. The van der Waals surface area contributed by atoms with Crippen molar-refractivity contribution in [1.29, 1.82) is 0 Å². The molecule has 0 aromatic rings. The molecule has 0 amide bonds. The van der Waals surface area contributed by atoms with Crippen LogP contribution in [0.4, 0.5) is 0 Å². The number of carbonyl (C=O) groups excluding carboxylic acids is 4. The number of hydrogen-bond acceptors (Lipinski definition) is 11. The van der Waals surface area contributed by atoms with Crippen molar-refractivity contribution in [2.75, 3.05) is 14.2 Å². The first-order valence-corrected chi connectivity index (χ1v) is 19.8. The quantitative estimate of drug-likeness (QED) is 0.138. The molecule has 53 heavy (non-hydrogen) atoms. The van der Waals surface area contributed by atoms with Gasteiger partial charge in [0.1, 0.15) is 6.10 Å². The largest absolute Gasteiger partial charge is 0.469 e. The van der Waals surface area contributed by atoms with Crippen molar-refractivity contribution < 1.29 is 52.7 Å². The van der Waals surface area contributed by atoms with E-state index in [1.54, 1.807) is 7.11 Å². The number of aliphatic hydroxyl groups is 1. The first-order valence-electron chi connectivity index (χ1n) is 19.8. The van der Waals surface area contributed by atoms with Crippen LogP contribution in [-0.2, 0) is 47.6 Å². The molecule has 11 nitrogen and oxygen atoms in total. The predicted octanol–water partition coefficient (Wildman–Crippen LogP) is 6.47. The van der Waals surface area contributed by atoms with Crippen LogP contribution < -0.4 is 0 Å². The van der Waals surface area contributed by atoms with Gasteiger partial charge in [-0.25, -0.2) is 4.79 Å². The summed E-state index contributed by atoms with van der Waals surface area (Å²) in [5.41, 5.74) is 0.856. The summed E-state index contributed by atoms with van der Waals surface area (Å²) in [5.74, 6) is -1.42. The normalized spacial score (nSPS) is 45.4. The molecule has 5 fully saturated rings. The van der Waals surface area contributed by atoms with Crippen LogP contribution in [0.1, 0.15) is 127 Å². The number of fused-ring (bicyclic) bond motifs is 7. The van der Waals surface area contributed by atoms with E-state index in [0.29, 0.717) is 12.3 Å². The second-order valence-electron chi connectivity index (χ2n) is 19.4. The number of ether oxygens (including phenoxy) is 6. The molecule has 1 N–H and O–H groups in total. The minimum Gasteiger partial charge on any atom is -0.469 e. The Kier molecular flexibility index (Phi) is 10.3. The number of allylic oxidation sites excluding steroid dienone is 2. The summed E-state index contributed by atoms with van der Waals surface area (Å²) >= 11 is 0. The van der Waals surface area contributed by atoms with Gasteiger partial charge in [-0.15, -0.1) is 0 Å². The summed E-state index contributed by atoms with van der Waals surface area (Å²) in [6.45, 7) is 19.0. The van der Waals surface area contributed by atoms with Crippen LogP contribution in [0.5, 0.6) is 0 Å². The van der Waals surface area contributed by atoms with Crippen LogP contribution in [0.3, 0.4) is 0 Å². The summed E-state index contributed by atoms with van der Waals surface area (Å²) in [7, 11) is 2.73. The molecule has 298 valence electrons. The van der Waals surface area contributed by atoms with Gasteiger partial charge in [-0.1, -0.05) is 60.1 Å². The molecule has 0 aromatic carbocycles. The number of rotatable bonds is 6. The molecule has 0 radical (unpaired) electrons. The third kappa shape index (κ3) is 6.17. The number of aliphatic hydroxyl groups excluding tert-OH is 1. The van der Waals surface area contributed by atoms with Crippen molar-refractivity contribution >= 4 is 23.9 Å². The molecular weight excluding hydrogens is 680 g/mol. The lowest BCUT2D eigenvalue weighted by Gasteiger charge is -2.71. The SMILES string of the molecule is COC(=O)[C@H]1O[C@H](O[C@H]2CC[C@]3(C)[C@H]4CC=C5[C@@H]6CC(C)(C)CC[C@]6(C(=O)OC)CC[C@@]5(C)[C@]4(C)CC[C@H]3C2(C)C)[C@H](O)[C@@H](OC(C)=O)[C@@H]1OC(C)=O. The average molecular weight is 745 g/mol. The third-order valence-electron chi connectivity index (χ3n) is 16.0. The molecule has 4 saturated carbocycles. The van der Waals surface area contributed by atoms with Crippen molar-refractivity contribution in [1.82, 2.24) is 0 Å². The second-order valence-corrected chi connectivity index (χ2v) is 19.4. The fourth-order valence-corrected chi connectivity index (χ4v) is 13.1. The van der Waals surface area contributed by atoms with Crippen molar-refractivity contribution in [2.45, 2.75) is 163 Å². The fraction of sp³-hybridized carbons (Fsp3) is 0.857. The summed E-state index contributed by atoms with van der Waals surface area (Å²) < 4.78 is 34.0. The zero-order valence-corrected chi connectivity index (χ0v) is 33.9. The van der Waals surface area contributed by atoms with Crippen LogP contribution in [0.2, 0.25) is 0 Å². The number of methoxy groups -OCH3 is 2. The number of esters is 4. The van der Waals surface area contributed by atoms with Gasteiger partial charge in [0.15, 0.2) is 24.6 Å². The second kappa shape index (κ2) is 13.6. The van der Waals surface area contributed by atoms with Crippen LogP contribution in [0.25, 0.3) is 0 Å². The van der Waals surface area contributed by atoms with E-state index < -0.39 is 54.0 Å². The smallest absolute Gasteiger partial charge is 0.339 e. The highest BCUT2D eigenvalue weighted by Gasteiger charge is 2.70. The zero-order chi connectivity index (χ0) is 39.1. The lowest BCUT2D eigenvalue weighted by molar-refractivity contribution is -0.326. The van der Waals surface area contributed by atoms with E-state index >= 15 is 0 Å². The Morgan fingerprint density at radius 3 is 2.06 bits per heavy atom. The molecule has 6 aliphatic rings. The molecule has 0 bridgehead atoms. The van der Waals surface area contributed by atoms with Gasteiger partial charge in [-0.2, -0.15) is 0 Å². The molecule has 1 saturated heterocycles. The minimum absolute atomic E-state index is 0.00852.